The highest BCUT2D eigenvalue weighted by molar-refractivity contribution is 5.89. The van der Waals surface area contributed by atoms with Crippen molar-refractivity contribution in [2.24, 2.45) is 5.73 Å². The number of benzene rings is 8. The second-order valence-electron chi connectivity index (χ2n) is 16.1. The Bertz CT molecular complexity index is 2390. The van der Waals surface area contributed by atoms with Crippen molar-refractivity contribution in [2.45, 2.75) is 182 Å². The maximum absolute atomic E-state index is 4.85. The van der Waals surface area contributed by atoms with Crippen LogP contribution in [0, 0.1) is 0 Å². The van der Waals surface area contributed by atoms with Crippen molar-refractivity contribution in [3.8, 4) is 22.3 Å². The van der Waals surface area contributed by atoms with Gasteiger partial charge in [-0.05, 0) is 108 Å². The molecule has 0 aliphatic heterocycles. The van der Waals surface area contributed by atoms with Gasteiger partial charge in [-0.1, -0.05) is 352 Å². The van der Waals surface area contributed by atoms with Crippen molar-refractivity contribution in [2.75, 3.05) is 6.54 Å². The van der Waals surface area contributed by atoms with Crippen LogP contribution in [-0.4, -0.2) is 6.54 Å². The molecule has 4 aliphatic rings. The fourth-order valence-corrected chi connectivity index (χ4v) is 10.5. The molecule has 2 N–H and O–H groups in total. The van der Waals surface area contributed by atoms with Gasteiger partial charge in [0.1, 0.15) is 0 Å². The van der Waals surface area contributed by atoms with Gasteiger partial charge >= 0.3 is 0 Å². The zero-order valence-electron chi connectivity index (χ0n) is 52.6. The third kappa shape index (κ3) is 14.9. The van der Waals surface area contributed by atoms with E-state index >= 15 is 0 Å². The van der Waals surface area contributed by atoms with Crippen LogP contribution in [0.2, 0.25) is 0 Å². The average molecular weight is 1030 g/mol. The Morgan fingerprint density at radius 2 is 0.390 bits per heavy atom. The summed E-state index contributed by atoms with van der Waals surface area (Å²) in [7, 11) is 0. The van der Waals surface area contributed by atoms with Gasteiger partial charge in [0.05, 0.1) is 10.8 Å². The topological polar surface area (TPSA) is 26.0 Å². The van der Waals surface area contributed by atoms with Gasteiger partial charge in [0, 0.05) is 0 Å². The Morgan fingerprint density at radius 3 is 0.558 bits per heavy atom. The first-order valence-corrected chi connectivity index (χ1v) is 30.6. The van der Waals surface area contributed by atoms with Crippen molar-refractivity contribution in [1.82, 2.24) is 0 Å². The van der Waals surface area contributed by atoms with Crippen LogP contribution in [0.4, 0.5) is 0 Å². The quantitative estimate of drug-likeness (QED) is 0.174. The summed E-state index contributed by atoms with van der Waals surface area (Å²) in [6, 6.07) is 71.9. The Labute approximate surface area is 474 Å². The van der Waals surface area contributed by atoms with E-state index in [1.54, 1.807) is 0 Å². The first-order valence-electron chi connectivity index (χ1n) is 30.6. The lowest BCUT2D eigenvalue weighted by molar-refractivity contribution is 0.722. The maximum Gasteiger partial charge on any atom is 0.0719 e. The molecule has 0 amide bonds. The molecular weight excluding hydrogens is 927 g/mol. The van der Waals surface area contributed by atoms with Gasteiger partial charge < -0.3 is 5.73 Å². The number of fused-ring (bicyclic) bond motifs is 18. The number of hydrogen-bond acceptors (Lipinski definition) is 1. The van der Waals surface area contributed by atoms with Gasteiger partial charge in [0.2, 0.25) is 0 Å². The highest BCUT2D eigenvalue weighted by atomic mass is 14.5. The summed E-state index contributed by atoms with van der Waals surface area (Å²) in [6.07, 6.45) is 4.66. The molecule has 0 radical (unpaired) electrons. The Kier molecular flexibility index (Phi) is 36.7. The number of nitrogens with two attached hydrogens (primary N) is 1. The number of hydrogen-bond donors (Lipinski definition) is 1. The van der Waals surface area contributed by atoms with Gasteiger partial charge in [-0.25, -0.2) is 0 Å². The molecular formula is C76H107N. The second-order valence-corrected chi connectivity index (χ2v) is 16.1. The lowest BCUT2D eigenvalue weighted by Gasteiger charge is -2.40. The van der Waals surface area contributed by atoms with E-state index in [1.165, 1.54) is 102 Å². The molecule has 12 rings (SSSR count). The molecule has 0 unspecified atom stereocenters. The maximum atomic E-state index is 4.85. The zero-order chi connectivity index (χ0) is 58.4. The third-order valence-corrected chi connectivity index (χ3v) is 12.9. The van der Waals surface area contributed by atoms with E-state index in [1.807, 2.05) is 132 Å². The normalized spacial score (nSPS) is 11.5. The van der Waals surface area contributed by atoms with Gasteiger partial charge in [0.25, 0.3) is 0 Å². The summed E-state index contributed by atoms with van der Waals surface area (Å²) >= 11 is 0. The Balaban J connectivity index is 0.00000107. The summed E-state index contributed by atoms with van der Waals surface area (Å²) in [5, 5.41) is 0. The molecule has 4 aliphatic carbocycles. The van der Waals surface area contributed by atoms with Crippen molar-refractivity contribution >= 4 is 0 Å². The Morgan fingerprint density at radius 1 is 0.247 bits per heavy atom. The van der Waals surface area contributed by atoms with Crippen molar-refractivity contribution in [3.63, 3.8) is 0 Å². The third-order valence-electron chi connectivity index (χ3n) is 12.9. The van der Waals surface area contributed by atoms with Crippen LogP contribution < -0.4 is 5.73 Å². The molecule has 1 nitrogen and oxygen atoms in total. The SMILES string of the molecule is CC.CC.CC.CC.CC.CC.CC.CC.CC.CCCC.CCN.c1ccc2c(c1)Cc1ccccc1C21c2ccccc2-c2ccccc21.c1ccc2c(c1)Cc1ccccc1C21c2ccccc2-c2ccccc21. The summed E-state index contributed by atoms with van der Waals surface area (Å²) in [5.74, 6) is 0. The molecule has 0 saturated carbocycles. The average Bonchev–Trinajstić information content (AvgIpc) is 4.10. The first kappa shape index (κ1) is 70.7. The Hall–Kier alpha value is -6.28. The highest BCUT2D eigenvalue weighted by Gasteiger charge is 2.50. The summed E-state index contributed by atoms with van der Waals surface area (Å²) in [5.41, 5.74) is 27.1. The standard InChI is InChI=1S/2C26H18.C4H10.C2H7N.9C2H6/c2*1-5-13-22-18(9-1)17-19-10-2-6-14-23(19)26(22)24-15-7-3-11-20(24)21-12-4-8-16-25(21)26;1-3-4-2;1-2-3;9*1-2/h2*1-16H,17H2;3-4H2,1-2H3;2-3H2,1H3;9*1-2H3. The molecule has 416 valence electrons. The molecule has 8 aromatic rings. The molecule has 0 atom stereocenters. The fraction of sp³-hybridized carbons (Fsp3) is 0.368. The molecule has 2 spiro atoms. The van der Waals surface area contributed by atoms with Gasteiger partial charge in [-0.15, -0.1) is 0 Å². The number of unbranched alkanes of at least 4 members (excludes halogenated alkanes) is 1. The largest absolute Gasteiger partial charge is 0.331 e. The minimum absolute atomic E-state index is 0.196. The van der Waals surface area contributed by atoms with Crippen LogP contribution in [-0.2, 0) is 23.7 Å². The van der Waals surface area contributed by atoms with Crippen LogP contribution in [0.3, 0.4) is 0 Å². The van der Waals surface area contributed by atoms with E-state index in [9.17, 15) is 0 Å². The minimum atomic E-state index is -0.196. The molecule has 0 bridgehead atoms. The van der Waals surface area contributed by atoms with Crippen LogP contribution >= 0.6 is 0 Å². The fourth-order valence-electron chi connectivity index (χ4n) is 10.5. The van der Waals surface area contributed by atoms with Crippen molar-refractivity contribution < 1.29 is 0 Å². The summed E-state index contributed by atoms with van der Waals surface area (Å²) < 4.78 is 0. The summed E-state index contributed by atoms with van der Waals surface area (Å²) in [4.78, 5) is 0. The van der Waals surface area contributed by atoms with E-state index in [-0.39, 0.29) is 10.8 Å². The van der Waals surface area contributed by atoms with Gasteiger partial charge in [0.15, 0.2) is 0 Å². The lowest BCUT2D eigenvalue weighted by atomic mass is 9.61. The van der Waals surface area contributed by atoms with Crippen molar-refractivity contribution in [3.05, 3.63) is 261 Å². The first-order chi connectivity index (χ1) is 38.1. The van der Waals surface area contributed by atoms with Crippen LogP contribution in [0.25, 0.3) is 22.3 Å². The molecule has 0 saturated heterocycles. The van der Waals surface area contributed by atoms with Crippen LogP contribution in [0.1, 0.15) is 225 Å². The van der Waals surface area contributed by atoms with Gasteiger partial charge in [-0.2, -0.15) is 0 Å². The number of rotatable bonds is 1. The molecule has 0 heterocycles. The van der Waals surface area contributed by atoms with Gasteiger partial charge in [-0.3, -0.25) is 0 Å². The molecule has 8 aromatic carbocycles. The molecule has 1 heteroatoms. The molecule has 77 heavy (non-hydrogen) atoms. The summed E-state index contributed by atoms with van der Waals surface area (Å²) in [6.45, 7) is 43.0. The van der Waals surface area contributed by atoms with E-state index in [0.717, 1.165) is 19.4 Å². The molecule has 0 fully saturated rings. The molecule has 0 aromatic heterocycles. The lowest BCUT2D eigenvalue weighted by Crippen LogP contribution is -2.34. The zero-order valence-corrected chi connectivity index (χ0v) is 52.6. The monoisotopic (exact) mass is 1030 g/mol. The predicted molar refractivity (Wildman–Crippen MR) is 351 cm³/mol. The van der Waals surface area contributed by atoms with E-state index in [2.05, 4.69) is 208 Å². The second kappa shape index (κ2) is 40.0. The van der Waals surface area contributed by atoms with Crippen molar-refractivity contribution in [1.29, 1.82) is 0 Å². The van der Waals surface area contributed by atoms with Crippen LogP contribution in [0.15, 0.2) is 194 Å². The highest BCUT2D eigenvalue weighted by Crippen LogP contribution is 2.60. The van der Waals surface area contributed by atoms with E-state index in [0.29, 0.717) is 0 Å². The smallest absolute Gasteiger partial charge is 0.0719 e. The van der Waals surface area contributed by atoms with Crippen LogP contribution in [0.5, 0.6) is 0 Å². The predicted octanol–water partition coefficient (Wildman–Crippen LogP) is 22.9. The van der Waals surface area contributed by atoms with E-state index in [4.69, 9.17) is 5.73 Å². The minimum Gasteiger partial charge on any atom is -0.331 e. The van der Waals surface area contributed by atoms with E-state index < -0.39 is 0 Å².